The molecule has 4 rings (SSSR count). The fourth-order valence-corrected chi connectivity index (χ4v) is 2.70. The molecule has 0 bridgehead atoms. The second-order valence-corrected chi connectivity index (χ2v) is 5.98. The van der Waals surface area contributed by atoms with E-state index in [4.69, 9.17) is 0 Å². The SMILES string of the molecule is O=C(Nc1cccc(F)c1)c1nc(-c2ccc(F)cc2)n(-c2ccccc2)n1. The van der Waals surface area contributed by atoms with Crippen molar-refractivity contribution >= 4 is 11.6 Å². The monoisotopic (exact) mass is 376 g/mol. The highest BCUT2D eigenvalue weighted by molar-refractivity contribution is 6.01. The maximum Gasteiger partial charge on any atom is 0.295 e. The van der Waals surface area contributed by atoms with Gasteiger partial charge in [0, 0.05) is 11.3 Å². The number of rotatable bonds is 4. The summed E-state index contributed by atoms with van der Waals surface area (Å²) in [5, 5.41) is 6.88. The Kier molecular flexibility index (Phi) is 4.63. The molecule has 1 heterocycles. The van der Waals surface area contributed by atoms with Crippen LogP contribution in [0, 0.1) is 11.6 Å². The smallest absolute Gasteiger partial charge is 0.295 e. The largest absolute Gasteiger partial charge is 0.319 e. The van der Waals surface area contributed by atoms with E-state index in [0.29, 0.717) is 22.8 Å². The van der Waals surface area contributed by atoms with Gasteiger partial charge >= 0.3 is 0 Å². The zero-order valence-corrected chi connectivity index (χ0v) is 14.5. The minimum Gasteiger partial charge on any atom is -0.319 e. The third-order valence-electron chi connectivity index (χ3n) is 4.00. The molecular weight excluding hydrogens is 362 g/mol. The summed E-state index contributed by atoms with van der Waals surface area (Å²) in [6.45, 7) is 0. The lowest BCUT2D eigenvalue weighted by atomic mass is 10.2. The third kappa shape index (κ3) is 3.64. The topological polar surface area (TPSA) is 59.8 Å². The van der Waals surface area contributed by atoms with Gasteiger partial charge in [-0.15, -0.1) is 5.10 Å². The van der Waals surface area contributed by atoms with Crippen molar-refractivity contribution < 1.29 is 13.6 Å². The maximum atomic E-state index is 13.3. The number of nitrogens with one attached hydrogen (secondary N) is 1. The Morgan fingerprint density at radius 2 is 1.61 bits per heavy atom. The van der Waals surface area contributed by atoms with Crippen LogP contribution in [0.5, 0.6) is 0 Å². The van der Waals surface area contributed by atoms with Gasteiger partial charge in [-0.2, -0.15) is 0 Å². The Bertz CT molecular complexity index is 1120. The van der Waals surface area contributed by atoms with Crippen LogP contribution in [0.15, 0.2) is 78.9 Å². The molecule has 0 fully saturated rings. The number of aromatic nitrogens is 3. The molecule has 5 nitrogen and oxygen atoms in total. The molecule has 0 aliphatic heterocycles. The van der Waals surface area contributed by atoms with E-state index in [2.05, 4.69) is 15.4 Å². The number of carbonyl (C=O) groups excluding carboxylic acids is 1. The molecule has 1 amide bonds. The quantitative estimate of drug-likeness (QED) is 0.572. The summed E-state index contributed by atoms with van der Waals surface area (Å²) >= 11 is 0. The lowest BCUT2D eigenvalue weighted by Crippen LogP contribution is -2.14. The molecule has 7 heteroatoms. The molecule has 0 spiro atoms. The second-order valence-electron chi connectivity index (χ2n) is 5.98. The van der Waals surface area contributed by atoms with Gasteiger partial charge in [-0.1, -0.05) is 24.3 Å². The minimum absolute atomic E-state index is 0.0903. The maximum absolute atomic E-state index is 13.3. The van der Waals surface area contributed by atoms with Crippen LogP contribution >= 0.6 is 0 Å². The van der Waals surface area contributed by atoms with Gasteiger partial charge in [-0.3, -0.25) is 4.79 Å². The normalized spacial score (nSPS) is 10.6. The number of anilines is 1. The Hall–Kier alpha value is -3.87. The number of halogens is 2. The number of carbonyl (C=O) groups is 1. The molecule has 0 radical (unpaired) electrons. The van der Waals surface area contributed by atoms with Crippen molar-refractivity contribution in [1.82, 2.24) is 14.8 Å². The number of nitrogens with zero attached hydrogens (tertiary/aromatic N) is 3. The van der Waals surface area contributed by atoms with Crippen LogP contribution in [0.2, 0.25) is 0 Å². The van der Waals surface area contributed by atoms with Crippen molar-refractivity contribution in [2.24, 2.45) is 0 Å². The standard InChI is InChI=1S/C21H14F2N4O/c22-15-11-9-14(10-12-15)20-25-19(26-27(20)18-7-2-1-3-8-18)21(28)24-17-6-4-5-16(23)13-17/h1-13H,(H,24,28). The lowest BCUT2D eigenvalue weighted by molar-refractivity contribution is 0.101. The molecule has 0 atom stereocenters. The van der Waals surface area contributed by atoms with Gasteiger partial charge in [0.25, 0.3) is 5.91 Å². The first-order valence-electron chi connectivity index (χ1n) is 8.45. The molecule has 1 aromatic heterocycles. The first kappa shape index (κ1) is 17.5. The van der Waals surface area contributed by atoms with E-state index < -0.39 is 11.7 Å². The molecule has 4 aromatic rings. The molecule has 0 saturated carbocycles. The number of hydrogen-bond acceptors (Lipinski definition) is 3. The van der Waals surface area contributed by atoms with Crippen molar-refractivity contribution in [2.75, 3.05) is 5.32 Å². The van der Waals surface area contributed by atoms with Crippen LogP contribution in [0.3, 0.4) is 0 Å². The van der Waals surface area contributed by atoms with E-state index in [-0.39, 0.29) is 11.6 Å². The molecule has 28 heavy (non-hydrogen) atoms. The average Bonchev–Trinajstić information content (AvgIpc) is 3.15. The summed E-state index contributed by atoms with van der Waals surface area (Å²) in [5.74, 6) is -1.13. The van der Waals surface area contributed by atoms with Gasteiger partial charge in [-0.25, -0.2) is 18.4 Å². The average molecular weight is 376 g/mol. The molecular formula is C21H14F2N4O. The fourth-order valence-electron chi connectivity index (χ4n) is 2.70. The number of hydrogen-bond donors (Lipinski definition) is 1. The molecule has 1 N–H and O–H groups in total. The first-order chi connectivity index (χ1) is 13.6. The summed E-state index contributed by atoms with van der Waals surface area (Å²) < 4.78 is 28.2. The van der Waals surface area contributed by atoms with E-state index in [1.54, 1.807) is 18.2 Å². The van der Waals surface area contributed by atoms with Gasteiger partial charge in [0.2, 0.25) is 5.82 Å². The summed E-state index contributed by atoms with van der Waals surface area (Å²) in [6.07, 6.45) is 0. The highest BCUT2D eigenvalue weighted by Crippen LogP contribution is 2.22. The Labute approximate surface area is 159 Å². The van der Waals surface area contributed by atoms with Crippen molar-refractivity contribution in [3.8, 4) is 17.1 Å². The van der Waals surface area contributed by atoms with Crippen LogP contribution in [0.25, 0.3) is 17.1 Å². The van der Waals surface area contributed by atoms with Gasteiger partial charge in [-0.05, 0) is 54.6 Å². The highest BCUT2D eigenvalue weighted by Gasteiger charge is 2.19. The molecule has 3 aromatic carbocycles. The van der Waals surface area contributed by atoms with Crippen LogP contribution in [0.4, 0.5) is 14.5 Å². The van der Waals surface area contributed by atoms with Gasteiger partial charge in [0.1, 0.15) is 11.6 Å². The zero-order valence-electron chi connectivity index (χ0n) is 14.5. The van der Waals surface area contributed by atoms with Crippen LogP contribution in [0.1, 0.15) is 10.6 Å². The molecule has 0 aliphatic rings. The summed E-state index contributed by atoms with van der Waals surface area (Å²) in [6, 6.07) is 20.4. The summed E-state index contributed by atoms with van der Waals surface area (Å²) in [7, 11) is 0. The third-order valence-corrected chi connectivity index (χ3v) is 4.00. The summed E-state index contributed by atoms with van der Waals surface area (Å²) in [4.78, 5) is 16.9. The number of benzene rings is 3. The van der Waals surface area contributed by atoms with E-state index >= 15 is 0 Å². The van der Waals surface area contributed by atoms with Crippen molar-refractivity contribution in [2.45, 2.75) is 0 Å². The minimum atomic E-state index is -0.580. The van der Waals surface area contributed by atoms with Crippen LogP contribution < -0.4 is 5.32 Å². The predicted octanol–water partition coefficient (Wildman–Crippen LogP) is 4.46. The molecule has 138 valence electrons. The van der Waals surface area contributed by atoms with Crippen molar-refractivity contribution in [3.05, 3.63) is 96.3 Å². The second kappa shape index (κ2) is 7.40. The first-order valence-corrected chi connectivity index (χ1v) is 8.45. The summed E-state index contributed by atoms with van der Waals surface area (Å²) in [5.41, 5.74) is 1.59. The Morgan fingerprint density at radius 1 is 0.857 bits per heavy atom. The molecule has 0 aliphatic carbocycles. The van der Waals surface area contributed by atoms with Crippen LogP contribution in [-0.4, -0.2) is 20.7 Å². The van der Waals surface area contributed by atoms with Crippen LogP contribution in [-0.2, 0) is 0 Å². The fraction of sp³-hybridized carbons (Fsp3) is 0. The van der Waals surface area contributed by atoms with E-state index in [1.807, 2.05) is 30.3 Å². The van der Waals surface area contributed by atoms with Crippen molar-refractivity contribution in [1.29, 1.82) is 0 Å². The van der Waals surface area contributed by atoms with Gasteiger partial charge in [0.05, 0.1) is 5.69 Å². The van der Waals surface area contributed by atoms with Gasteiger partial charge < -0.3 is 5.32 Å². The number of amides is 1. The zero-order chi connectivity index (χ0) is 19.5. The highest BCUT2D eigenvalue weighted by atomic mass is 19.1. The molecule has 0 unspecified atom stereocenters. The van der Waals surface area contributed by atoms with E-state index in [0.717, 1.165) is 0 Å². The Balaban J connectivity index is 1.74. The Morgan fingerprint density at radius 3 is 2.32 bits per heavy atom. The molecule has 0 saturated heterocycles. The number of para-hydroxylation sites is 1. The van der Waals surface area contributed by atoms with Gasteiger partial charge in [0.15, 0.2) is 5.82 Å². The lowest BCUT2D eigenvalue weighted by Gasteiger charge is -2.05. The van der Waals surface area contributed by atoms with Crippen molar-refractivity contribution in [3.63, 3.8) is 0 Å². The van der Waals surface area contributed by atoms with E-state index in [1.165, 1.54) is 35.0 Å². The van der Waals surface area contributed by atoms with E-state index in [9.17, 15) is 13.6 Å². The predicted molar refractivity (Wildman–Crippen MR) is 101 cm³/mol.